The lowest BCUT2D eigenvalue weighted by molar-refractivity contribution is -0.117. The van der Waals surface area contributed by atoms with Crippen LogP contribution in [0.2, 0.25) is 0 Å². The minimum atomic E-state index is -3.49. The van der Waals surface area contributed by atoms with E-state index in [1.54, 1.807) is 36.4 Å². The van der Waals surface area contributed by atoms with Crippen LogP contribution in [0.4, 0.5) is 5.69 Å². The fourth-order valence-electron chi connectivity index (χ4n) is 3.19. The van der Waals surface area contributed by atoms with Crippen LogP contribution in [0.3, 0.4) is 0 Å². The van der Waals surface area contributed by atoms with Gasteiger partial charge in [0.25, 0.3) is 0 Å². The van der Waals surface area contributed by atoms with Gasteiger partial charge in [0.05, 0.1) is 18.0 Å². The first-order valence-electron chi connectivity index (χ1n) is 9.70. The Kier molecular flexibility index (Phi) is 6.89. The lowest BCUT2D eigenvalue weighted by Gasteiger charge is -2.33. The highest BCUT2D eigenvalue weighted by molar-refractivity contribution is 7.89. The number of aryl methyl sites for hydroxylation is 1. The quantitative estimate of drug-likeness (QED) is 0.748. The van der Waals surface area contributed by atoms with Crippen molar-refractivity contribution in [2.45, 2.75) is 18.7 Å². The Bertz CT molecular complexity index is 919. The summed E-state index contributed by atoms with van der Waals surface area (Å²) in [6, 6.07) is 14.1. The molecule has 0 saturated carbocycles. The van der Waals surface area contributed by atoms with Gasteiger partial charge in [-0.05, 0) is 50.2 Å². The van der Waals surface area contributed by atoms with Gasteiger partial charge in [-0.25, -0.2) is 8.42 Å². The smallest absolute Gasteiger partial charge is 0.243 e. The summed E-state index contributed by atoms with van der Waals surface area (Å²) in [7, 11) is -3.49. The standard InChI is InChI=1S/C21H27N3O4S/c1-3-28-19-8-6-18(7-9-19)22-21(25)16-23-12-14-24(15-13-23)29(26,27)20-10-4-17(2)5-11-20/h4-11H,3,12-16H2,1-2H3,(H,22,25). The van der Waals surface area contributed by atoms with Crippen LogP contribution in [0, 0.1) is 6.92 Å². The van der Waals surface area contributed by atoms with Gasteiger partial charge in [0.1, 0.15) is 5.75 Å². The Hall–Kier alpha value is -2.42. The summed E-state index contributed by atoms with van der Waals surface area (Å²) in [4.78, 5) is 14.6. The molecule has 0 radical (unpaired) electrons. The van der Waals surface area contributed by atoms with Gasteiger partial charge in [0.15, 0.2) is 0 Å². The van der Waals surface area contributed by atoms with Crippen LogP contribution in [0.1, 0.15) is 12.5 Å². The normalized spacial score (nSPS) is 15.8. The molecule has 156 valence electrons. The molecule has 2 aromatic rings. The molecular formula is C21H27N3O4S. The van der Waals surface area contributed by atoms with Gasteiger partial charge >= 0.3 is 0 Å². The number of ether oxygens (including phenoxy) is 1. The van der Waals surface area contributed by atoms with Gasteiger partial charge in [-0.1, -0.05) is 17.7 Å². The number of benzene rings is 2. The first-order valence-corrected chi connectivity index (χ1v) is 11.1. The van der Waals surface area contributed by atoms with Crippen molar-refractivity contribution in [1.29, 1.82) is 0 Å². The van der Waals surface area contributed by atoms with Crippen LogP contribution in [-0.4, -0.2) is 62.9 Å². The fraction of sp³-hybridized carbons (Fsp3) is 0.381. The minimum Gasteiger partial charge on any atom is -0.494 e. The zero-order valence-corrected chi connectivity index (χ0v) is 17.6. The van der Waals surface area contributed by atoms with E-state index < -0.39 is 10.0 Å². The highest BCUT2D eigenvalue weighted by atomic mass is 32.2. The van der Waals surface area contributed by atoms with Crippen LogP contribution in [0.5, 0.6) is 5.75 Å². The molecule has 1 fully saturated rings. The third-order valence-corrected chi connectivity index (χ3v) is 6.72. The second-order valence-electron chi connectivity index (χ2n) is 7.00. The Morgan fingerprint density at radius 1 is 1.00 bits per heavy atom. The molecule has 0 aromatic heterocycles. The van der Waals surface area contributed by atoms with Crippen LogP contribution in [0.15, 0.2) is 53.4 Å². The summed E-state index contributed by atoms with van der Waals surface area (Å²) < 4.78 is 32.4. The van der Waals surface area contributed by atoms with Gasteiger partial charge in [-0.15, -0.1) is 0 Å². The molecule has 0 unspecified atom stereocenters. The summed E-state index contributed by atoms with van der Waals surface area (Å²) in [6.07, 6.45) is 0. The molecule has 2 aromatic carbocycles. The van der Waals surface area contributed by atoms with E-state index in [-0.39, 0.29) is 12.5 Å². The van der Waals surface area contributed by atoms with Crippen molar-refractivity contribution in [1.82, 2.24) is 9.21 Å². The topological polar surface area (TPSA) is 79.0 Å². The van der Waals surface area contributed by atoms with E-state index in [2.05, 4.69) is 5.32 Å². The summed E-state index contributed by atoms with van der Waals surface area (Å²) in [5.74, 6) is 0.639. The number of nitrogens with zero attached hydrogens (tertiary/aromatic N) is 2. The van der Waals surface area contributed by atoms with E-state index in [0.29, 0.717) is 43.4 Å². The monoisotopic (exact) mass is 417 g/mol. The minimum absolute atomic E-state index is 0.121. The van der Waals surface area contributed by atoms with E-state index in [1.807, 2.05) is 30.9 Å². The molecule has 0 aliphatic carbocycles. The number of carbonyl (C=O) groups excluding carboxylic acids is 1. The van der Waals surface area contributed by atoms with Crippen molar-refractivity contribution in [2.24, 2.45) is 0 Å². The maximum Gasteiger partial charge on any atom is 0.243 e. The average Bonchev–Trinajstić information content (AvgIpc) is 2.70. The molecule has 0 atom stereocenters. The molecule has 1 aliphatic rings. The summed E-state index contributed by atoms with van der Waals surface area (Å²) in [5.41, 5.74) is 1.73. The predicted octanol–water partition coefficient (Wildman–Crippen LogP) is 2.34. The zero-order chi connectivity index (χ0) is 20.9. The number of hydrogen-bond donors (Lipinski definition) is 1. The lowest BCUT2D eigenvalue weighted by Crippen LogP contribution is -2.50. The van der Waals surface area contributed by atoms with Gasteiger partial charge in [-0.2, -0.15) is 4.31 Å². The molecule has 1 heterocycles. The highest BCUT2D eigenvalue weighted by Crippen LogP contribution is 2.19. The largest absolute Gasteiger partial charge is 0.494 e. The van der Waals surface area contributed by atoms with Gasteiger partial charge in [-0.3, -0.25) is 9.69 Å². The third-order valence-electron chi connectivity index (χ3n) is 4.81. The molecule has 1 amide bonds. The Labute approximate surface area is 172 Å². The Balaban J connectivity index is 1.50. The van der Waals surface area contributed by atoms with Gasteiger partial charge in [0.2, 0.25) is 15.9 Å². The molecule has 8 heteroatoms. The molecule has 1 N–H and O–H groups in total. The fourth-order valence-corrected chi connectivity index (χ4v) is 4.61. The molecular weight excluding hydrogens is 390 g/mol. The molecule has 29 heavy (non-hydrogen) atoms. The van der Waals surface area contributed by atoms with Crippen LogP contribution >= 0.6 is 0 Å². The number of amides is 1. The molecule has 0 bridgehead atoms. The number of rotatable bonds is 7. The van der Waals surface area contributed by atoms with E-state index >= 15 is 0 Å². The number of nitrogens with one attached hydrogen (secondary N) is 1. The zero-order valence-electron chi connectivity index (χ0n) is 16.8. The maximum absolute atomic E-state index is 12.8. The maximum atomic E-state index is 12.8. The first-order chi connectivity index (χ1) is 13.9. The molecule has 1 aliphatic heterocycles. The molecule has 1 saturated heterocycles. The van der Waals surface area contributed by atoms with Crippen molar-refractivity contribution in [2.75, 3.05) is 44.6 Å². The van der Waals surface area contributed by atoms with Crippen molar-refractivity contribution in [3.63, 3.8) is 0 Å². The van der Waals surface area contributed by atoms with E-state index in [0.717, 1.165) is 11.3 Å². The van der Waals surface area contributed by atoms with Gasteiger partial charge < -0.3 is 10.1 Å². The van der Waals surface area contributed by atoms with E-state index in [9.17, 15) is 13.2 Å². The number of sulfonamides is 1. The van der Waals surface area contributed by atoms with Crippen molar-refractivity contribution in [3.05, 3.63) is 54.1 Å². The Morgan fingerprint density at radius 2 is 1.62 bits per heavy atom. The second-order valence-corrected chi connectivity index (χ2v) is 8.94. The van der Waals surface area contributed by atoms with Crippen molar-refractivity contribution < 1.29 is 17.9 Å². The number of piperazine rings is 1. The molecule has 7 nitrogen and oxygen atoms in total. The van der Waals surface area contributed by atoms with Crippen LogP contribution < -0.4 is 10.1 Å². The van der Waals surface area contributed by atoms with Crippen LogP contribution in [0.25, 0.3) is 0 Å². The number of anilines is 1. The SMILES string of the molecule is CCOc1ccc(NC(=O)CN2CCN(S(=O)(=O)c3ccc(C)cc3)CC2)cc1. The lowest BCUT2D eigenvalue weighted by atomic mass is 10.2. The summed E-state index contributed by atoms with van der Waals surface area (Å²) >= 11 is 0. The summed E-state index contributed by atoms with van der Waals surface area (Å²) in [5, 5.41) is 2.86. The molecule has 3 rings (SSSR count). The van der Waals surface area contributed by atoms with E-state index in [1.165, 1.54) is 4.31 Å². The third kappa shape index (κ3) is 5.56. The molecule has 0 spiro atoms. The van der Waals surface area contributed by atoms with Crippen molar-refractivity contribution in [3.8, 4) is 5.75 Å². The highest BCUT2D eigenvalue weighted by Gasteiger charge is 2.28. The van der Waals surface area contributed by atoms with Crippen LogP contribution in [-0.2, 0) is 14.8 Å². The second kappa shape index (κ2) is 9.39. The predicted molar refractivity (Wildman–Crippen MR) is 113 cm³/mol. The Morgan fingerprint density at radius 3 is 2.21 bits per heavy atom. The summed E-state index contributed by atoms with van der Waals surface area (Å²) in [6.45, 7) is 6.43. The van der Waals surface area contributed by atoms with E-state index in [4.69, 9.17) is 4.74 Å². The number of carbonyl (C=O) groups is 1. The first kappa shape index (κ1) is 21.3. The van der Waals surface area contributed by atoms with Gasteiger partial charge in [0, 0.05) is 31.9 Å². The number of hydrogen-bond acceptors (Lipinski definition) is 5. The average molecular weight is 418 g/mol. The van der Waals surface area contributed by atoms with Crippen molar-refractivity contribution >= 4 is 21.6 Å².